The zero-order chi connectivity index (χ0) is 13.1. The molecule has 1 heterocycles. The summed E-state index contributed by atoms with van der Waals surface area (Å²) in [5, 5.41) is 1.14. The third-order valence-electron chi connectivity index (χ3n) is 3.43. The molecule has 0 amide bonds. The molecule has 0 fully saturated rings. The van der Waals surface area contributed by atoms with Crippen molar-refractivity contribution in [1.82, 2.24) is 4.57 Å². The number of nitrogens with two attached hydrogens (primary N) is 1. The molecule has 2 aromatic rings. The Labute approximate surface area is 107 Å². The Hall–Kier alpha value is -1.61. The maximum absolute atomic E-state index is 12.3. The zero-order valence-electron chi connectivity index (χ0n) is 11.1. The minimum absolute atomic E-state index is 0.108. The molecule has 1 aromatic carbocycles. The minimum atomic E-state index is 0.108. The second kappa shape index (κ2) is 5.36. The topological polar surface area (TPSA) is 48.0 Å². The van der Waals surface area contributed by atoms with Crippen LogP contribution in [0.1, 0.15) is 24.5 Å². The van der Waals surface area contributed by atoms with Crippen LogP contribution in [0.2, 0.25) is 0 Å². The average Bonchev–Trinajstić information content (AvgIpc) is 2.40. The standard InChI is InChI=1S/C15H20N2O/c1-3-11-6-4-7-12-10-13(8-5-9-16)15(18)17(2)14(11)12/h4,6-7,10H,3,5,8-9,16H2,1-2H3. The number of para-hydroxylation sites is 1. The van der Waals surface area contributed by atoms with Crippen molar-refractivity contribution in [3.8, 4) is 0 Å². The number of hydrogen-bond donors (Lipinski definition) is 1. The molecule has 0 aliphatic rings. The van der Waals surface area contributed by atoms with Gasteiger partial charge >= 0.3 is 0 Å². The fourth-order valence-corrected chi connectivity index (χ4v) is 2.46. The second-order valence-electron chi connectivity index (χ2n) is 4.63. The van der Waals surface area contributed by atoms with Crippen LogP contribution in [0.15, 0.2) is 29.1 Å². The lowest BCUT2D eigenvalue weighted by Gasteiger charge is -2.11. The van der Waals surface area contributed by atoms with E-state index >= 15 is 0 Å². The summed E-state index contributed by atoms with van der Waals surface area (Å²) in [4.78, 5) is 12.3. The molecule has 0 saturated carbocycles. The lowest BCUT2D eigenvalue weighted by atomic mass is 10.0. The van der Waals surface area contributed by atoms with E-state index in [9.17, 15) is 4.79 Å². The van der Waals surface area contributed by atoms with Crippen molar-refractivity contribution in [3.63, 3.8) is 0 Å². The van der Waals surface area contributed by atoms with Crippen LogP contribution in [0.3, 0.4) is 0 Å². The van der Waals surface area contributed by atoms with Crippen LogP contribution < -0.4 is 11.3 Å². The highest BCUT2D eigenvalue weighted by Crippen LogP contribution is 2.18. The Kier molecular flexibility index (Phi) is 3.82. The smallest absolute Gasteiger partial charge is 0.253 e. The lowest BCUT2D eigenvalue weighted by Crippen LogP contribution is -2.22. The Bertz CT molecular complexity index is 614. The molecule has 0 spiro atoms. The lowest BCUT2D eigenvalue weighted by molar-refractivity contribution is 0.797. The van der Waals surface area contributed by atoms with Crippen LogP contribution >= 0.6 is 0 Å². The van der Waals surface area contributed by atoms with Gasteiger partial charge in [0.2, 0.25) is 0 Å². The van der Waals surface area contributed by atoms with Gasteiger partial charge in [-0.25, -0.2) is 0 Å². The Morgan fingerprint density at radius 2 is 2.06 bits per heavy atom. The van der Waals surface area contributed by atoms with Crippen molar-refractivity contribution in [2.75, 3.05) is 6.54 Å². The molecule has 0 aliphatic carbocycles. The summed E-state index contributed by atoms with van der Waals surface area (Å²) in [6.07, 6.45) is 2.55. The van der Waals surface area contributed by atoms with Gasteiger partial charge in [-0.15, -0.1) is 0 Å². The summed E-state index contributed by atoms with van der Waals surface area (Å²) in [5.41, 5.74) is 8.76. The number of fused-ring (bicyclic) bond motifs is 1. The molecule has 0 aliphatic heterocycles. The number of pyridine rings is 1. The van der Waals surface area contributed by atoms with Crippen LogP contribution in [0.25, 0.3) is 10.9 Å². The summed E-state index contributed by atoms with van der Waals surface area (Å²) in [7, 11) is 1.86. The molecule has 0 radical (unpaired) electrons. The minimum Gasteiger partial charge on any atom is -0.330 e. The number of rotatable bonds is 4. The molecule has 0 atom stereocenters. The predicted molar refractivity (Wildman–Crippen MR) is 75.9 cm³/mol. The van der Waals surface area contributed by atoms with E-state index in [0.717, 1.165) is 35.7 Å². The first-order valence-corrected chi connectivity index (χ1v) is 6.49. The SMILES string of the molecule is CCc1cccc2cc(CCCN)c(=O)n(C)c12. The number of hydrogen-bond acceptors (Lipinski definition) is 2. The summed E-state index contributed by atoms with van der Waals surface area (Å²) in [5.74, 6) is 0. The number of aryl methyl sites for hydroxylation is 3. The molecule has 0 bridgehead atoms. The molecule has 2 rings (SSSR count). The van der Waals surface area contributed by atoms with Gasteiger partial charge in [0.25, 0.3) is 5.56 Å². The molecular weight excluding hydrogens is 224 g/mol. The fourth-order valence-electron chi connectivity index (χ4n) is 2.46. The van der Waals surface area contributed by atoms with E-state index in [0.29, 0.717) is 6.54 Å². The van der Waals surface area contributed by atoms with E-state index in [-0.39, 0.29) is 5.56 Å². The van der Waals surface area contributed by atoms with Crippen molar-refractivity contribution in [3.05, 3.63) is 45.7 Å². The first-order chi connectivity index (χ1) is 8.69. The Morgan fingerprint density at radius 3 is 2.72 bits per heavy atom. The van der Waals surface area contributed by atoms with Gasteiger partial charge in [0, 0.05) is 12.6 Å². The summed E-state index contributed by atoms with van der Waals surface area (Å²) in [6.45, 7) is 2.73. The number of aromatic nitrogens is 1. The fraction of sp³-hybridized carbons (Fsp3) is 0.400. The largest absolute Gasteiger partial charge is 0.330 e. The van der Waals surface area contributed by atoms with Gasteiger partial charge < -0.3 is 10.3 Å². The van der Waals surface area contributed by atoms with Crippen LogP contribution in [-0.2, 0) is 19.9 Å². The first-order valence-electron chi connectivity index (χ1n) is 6.49. The predicted octanol–water partition coefficient (Wildman–Crippen LogP) is 1.99. The molecule has 3 nitrogen and oxygen atoms in total. The Balaban J connectivity index is 2.67. The molecule has 96 valence electrons. The van der Waals surface area contributed by atoms with E-state index in [1.807, 2.05) is 13.1 Å². The van der Waals surface area contributed by atoms with Crippen LogP contribution in [0.5, 0.6) is 0 Å². The van der Waals surface area contributed by atoms with Crippen molar-refractivity contribution >= 4 is 10.9 Å². The maximum Gasteiger partial charge on any atom is 0.253 e. The summed E-state index contributed by atoms with van der Waals surface area (Å²) >= 11 is 0. The highest BCUT2D eigenvalue weighted by Gasteiger charge is 2.08. The van der Waals surface area contributed by atoms with Crippen molar-refractivity contribution in [2.45, 2.75) is 26.2 Å². The third-order valence-corrected chi connectivity index (χ3v) is 3.43. The van der Waals surface area contributed by atoms with E-state index in [1.165, 1.54) is 5.56 Å². The molecule has 18 heavy (non-hydrogen) atoms. The first kappa shape index (κ1) is 12.8. The van der Waals surface area contributed by atoms with Gasteiger partial charge in [0.05, 0.1) is 5.52 Å². The van der Waals surface area contributed by atoms with E-state index in [4.69, 9.17) is 5.73 Å². The number of benzene rings is 1. The van der Waals surface area contributed by atoms with Crippen molar-refractivity contribution in [1.29, 1.82) is 0 Å². The van der Waals surface area contributed by atoms with Gasteiger partial charge in [-0.3, -0.25) is 4.79 Å². The van der Waals surface area contributed by atoms with E-state index < -0.39 is 0 Å². The van der Waals surface area contributed by atoms with Crippen molar-refractivity contribution in [2.24, 2.45) is 12.8 Å². The van der Waals surface area contributed by atoms with Gasteiger partial charge in [-0.1, -0.05) is 25.1 Å². The quantitative estimate of drug-likeness (QED) is 0.894. The highest BCUT2D eigenvalue weighted by molar-refractivity contribution is 5.82. The molecule has 2 N–H and O–H groups in total. The molecule has 0 unspecified atom stereocenters. The monoisotopic (exact) mass is 244 g/mol. The summed E-state index contributed by atoms with van der Waals surface area (Å²) in [6, 6.07) is 8.23. The number of nitrogens with zero attached hydrogens (tertiary/aromatic N) is 1. The summed E-state index contributed by atoms with van der Waals surface area (Å²) < 4.78 is 1.78. The highest BCUT2D eigenvalue weighted by atomic mass is 16.1. The zero-order valence-corrected chi connectivity index (χ0v) is 11.1. The average molecular weight is 244 g/mol. The van der Waals surface area contributed by atoms with E-state index in [1.54, 1.807) is 4.57 Å². The normalized spacial score (nSPS) is 11.1. The third kappa shape index (κ3) is 2.18. The molecule has 0 saturated heterocycles. The second-order valence-corrected chi connectivity index (χ2v) is 4.63. The maximum atomic E-state index is 12.3. The van der Waals surface area contributed by atoms with Crippen LogP contribution in [-0.4, -0.2) is 11.1 Å². The van der Waals surface area contributed by atoms with Crippen LogP contribution in [0.4, 0.5) is 0 Å². The molecule has 3 heteroatoms. The van der Waals surface area contributed by atoms with Crippen LogP contribution in [0, 0.1) is 0 Å². The Morgan fingerprint density at radius 1 is 1.28 bits per heavy atom. The van der Waals surface area contributed by atoms with Gasteiger partial charge in [-0.2, -0.15) is 0 Å². The van der Waals surface area contributed by atoms with Gasteiger partial charge in [0.1, 0.15) is 0 Å². The molecular formula is C15H20N2O. The molecule has 1 aromatic heterocycles. The van der Waals surface area contributed by atoms with E-state index in [2.05, 4.69) is 25.1 Å². The van der Waals surface area contributed by atoms with Gasteiger partial charge in [0.15, 0.2) is 0 Å². The van der Waals surface area contributed by atoms with Gasteiger partial charge in [-0.05, 0) is 42.8 Å². The van der Waals surface area contributed by atoms with Crippen molar-refractivity contribution < 1.29 is 0 Å².